The van der Waals surface area contributed by atoms with Crippen LogP contribution >= 0.6 is 0 Å². The Balaban J connectivity index is 1.89. The second kappa shape index (κ2) is 8.31. The van der Waals surface area contributed by atoms with Gasteiger partial charge in [0.25, 0.3) is 10.0 Å². The van der Waals surface area contributed by atoms with Gasteiger partial charge >= 0.3 is 0 Å². The highest BCUT2D eigenvalue weighted by Crippen LogP contribution is 2.29. The lowest BCUT2D eigenvalue weighted by atomic mass is 9.95. The first-order valence-corrected chi connectivity index (χ1v) is 10.9. The lowest BCUT2D eigenvalue weighted by Crippen LogP contribution is -2.22. The summed E-state index contributed by atoms with van der Waals surface area (Å²) < 4.78 is 31.1. The summed E-state index contributed by atoms with van der Waals surface area (Å²) in [6, 6.07) is 7.46. The number of rotatable bonds is 6. The van der Waals surface area contributed by atoms with Crippen molar-refractivity contribution in [3.05, 3.63) is 63.8 Å². The molecule has 0 saturated heterocycles. The predicted octanol–water partition coefficient (Wildman–Crippen LogP) is 3.94. The van der Waals surface area contributed by atoms with Gasteiger partial charge in [-0.15, -0.1) is 0 Å². The van der Waals surface area contributed by atoms with Crippen LogP contribution in [0.1, 0.15) is 33.4 Å². The van der Waals surface area contributed by atoms with Crippen LogP contribution in [0.5, 0.6) is 5.75 Å². The van der Waals surface area contributed by atoms with Gasteiger partial charge in [0.15, 0.2) is 0 Å². The first-order chi connectivity index (χ1) is 14.2. The molecule has 0 bridgehead atoms. The minimum absolute atomic E-state index is 0.280. The molecule has 0 unspecified atom stereocenters. The van der Waals surface area contributed by atoms with E-state index in [1.807, 2.05) is 58.9 Å². The molecular formula is C22H26N4O3S. The van der Waals surface area contributed by atoms with Crippen LogP contribution in [0.3, 0.4) is 0 Å². The zero-order chi connectivity index (χ0) is 22.1. The maximum absolute atomic E-state index is 13.0. The molecular weight excluding hydrogens is 400 g/mol. The highest BCUT2D eigenvalue weighted by atomic mass is 32.2. The van der Waals surface area contributed by atoms with Crippen molar-refractivity contribution in [3.63, 3.8) is 0 Å². The molecule has 2 aromatic carbocycles. The van der Waals surface area contributed by atoms with Gasteiger partial charge in [-0.1, -0.05) is 0 Å². The van der Waals surface area contributed by atoms with Crippen molar-refractivity contribution in [1.29, 1.82) is 0 Å². The number of hydrazone groups is 1. The summed E-state index contributed by atoms with van der Waals surface area (Å²) in [6.45, 7) is 9.53. The average Bonchev–Trinajstić information content (AvgIpc) is 3.19. The highest BCUT2D eigenvalue weighted by Gasteiger charge is 2.23. The third-order valence-electron chi connectivity index (χ3n) is 5.62. The number of H-pyrrole nitrogens is 1. The number of sulfonamides is 1. The summed E-state index contributed by atoms with van der Waals surface area (Å²) in [6.07, 6.45) is 3.03. The number of ether oxygens (including phenoxy) is 1. The van der Waals surface area contributed by atoms with E-state index in [4.69, 9.17) is 4.74 Å². The van der Waals surface area contributed by atoms with Crippen molar-refractivity contribution in [2.75, 3.05) is 7.11 Å². The van der Waals surface area contributed by atoms with Crippen molar-refractivity contribution in [2.45, 2.75) is 39.5 Å². The second-order valence-electron chi connectivity index (χ2n) is 7.24. The molecule has 0 atom stereocenters. The maximum Gasteiger partial charge on any atom is 0.277 e. The number of nitrogens with zero attached hydrogens (tertiary/aromatic N) is 2. The van der Waals surface area contributed by atoms with Crippen LogP contribution in [0.2, 0.25) is 0 Å². The van der Waals surface area contributed by atoms with Gasteiger partial charge in [-0.25, -0.2) is 4.83 Å². The Labute approximate surface area is 177 Å². The Morgan fingerprint density at radius 2 is 1.53 bits per heavy atom. The Kier molecular flexibility index (Phi) is 5.98. The van der Waals surface area contributed by atoms with Crippen LogP contribution in [0.25, 0.3) is 11.3 Å². The van der Waals surface area contributed by atoms with Crippen molar-refractivity contribution < 1.29 is 13.2 Å². The first-order valence-electron chi connectivity index (χ1n) is 9.47. The van der Waals surface area contributed by atoms with Gasteiger partial charge in [-0.3, -0.25) is 5.10 Å². The topological polar surface area (TPSA) is 96.4 Å². The van der Waals surface area contributed by atoms with Crippen LogP contribution in [-0.4, -0.2) is 31.9 Å². The van der Waals surface area contributed by atoms with E-state index in [1.54, 1.807) is 13.3 Å². The fourth-order valence-electron chi connectivity index (χ4n) is 3.46. The average molecular weight is 427 g/mol. The Morgan fingerprint density at radius 3 is 2.10 bits per heavy atom. The standard InChI is InChI=1S/C22H26N4O3S/c1-13-14(2)16(4)22(17(5)15(13)3)30(27,28)26-24-12-19-11-23-25-21(19)18-7-9-20(29-6)10-8-18/h7-12,26H,1-6H3,(H,23,25)/b24-12+. The number of aromatic nitrogens is 2. The number of hydrogen-bond donors (Lipinski definition) is 2. The summed E-state index contributed by atoms with van der Waals surface area (Å²) >= 11 is 0. The minimum Gasteiger partial charge on any atom is -0.497 e. The molecule has 30 heavy (non-hydrogen) atoms. The number of hydrogen-bond acceptors (Lipinski definition) is 5. The van der Waals surface area contributed by atoms with Crippen LogP contribution in [-0.2, 0) is 10.0 Å². The maximum atomic E-state index is 13.0. The van der Waals surface area contributed by atoms with Crippen molar-refractivity contribution >= 4 is 16.2 Å². The van der Waals surface area contributed by atoms with E-state index in [0.29, 0.717) is 5.56 Å². The zero-order valence-electron chi connectivity index (χ0n) is 18.0. The molecule has 2 N–H and O–H groups in total. The van der Waals surface area contributed by atoms with E-state index in [0.717, 1.165) is 44.8 Å². The van der Waals surface area contributed by atoms with Gasteiger partial charge in [0, 0.05) is 11.1 Å². The summed E-state index contributed by atoms with van der Waals surface area (Å²) in [5.41, 5.74) is 6.80. The zero-order valence-corrected chi connectivity index (χ0v) is 18.8. The molecule has 158 valence electrons. The quantitative estimate of drug-likeness (QED) is 0.461. The van der Waals surface area contributed by atoms with Crippen molar-refractivity contribution in [1.82, 2.24) is 15.0 Å². The molecule has 1 aromatic heterocycles. The summed E-state index contributed by atoms with van der Waals surface area (Å²) in [5.74, 6) is 0.746. The molecule has 0 aliphatic carbocycles. The van der Waals surface area contributed by atoms with Gasteiger partial charge in [0.05, 0.1) is 30.1 Å². The van der Waals surface area contributed by atoms with Gasteiger partial charge < -0.3 is 4.74 Å². The number of benzene rings is 2. The van der Waals surface area contributed by atoms with E-state index in [9.17, 15) is 8.42 Å². The van der Waals surface area contributed by atoms with Crippen molar-refractivity contribution in [3.8, 4) is 17.0 Å². The monoisotopic (exact) mass is 426 g/mol. The lowest BCUT2D eigenvalue weighted by molar-refractivity contribution is 0.415. The summed E-state index contributed by atoms with van der Waals surface area (Å²) in [4.78, 5) is 2.63. The summed E-state index contributed by atoms with van der Waals surface area (Å²) in [5, 5.41) is 11.0. The van der Waals surface area contributed by atoms with Gasteiger partial charge in [-0.05, 0) is 86.7 Å². The Hall–Kier alpha value is -3.13. The predicted molar refractivity (Wildman–Crippen MR) is 119 cm³/mol. The van der Waals surface area contributed by atoms with E-state index in [-0.39, 0.29) is 4.90 Å². The van der Waals surface area contributed by atoms with Gasteiger partial charge in [0.2, 0.25) is 0 Å². The number of nitrogens with one attached hydrogen (secondary N) is 2. The third kappa shape index (κ3) is 3.95. The lowest BCUT2D eigenvalue weighted by Gasteiger charge is -2.18. The molecule has 3 rings (SSSR count). The highest BCUT2D eigenvalue weighted by molar-refractivity contribution is 7.89. The van der Waals surface area contributed by atoms with E-state index >= 15 is 0 Å². The van der Waals surface area contributed by atoms with Crippen LogP contribution in [0.4, 0.5) is 0 Å². The normalized spacial score (nSPS) is 11.8. The smallest absolute Gasteiger partial charge is 0.277 e. The Morgan fingerprint density at radius 1 is 0.967 bits per heavy atom. The molecule has 0 spiro atoms. The molecule has 0 amide bonds. The van der Waals surface area contributed by atoms with Gasteiger partial charge in [0.1, 0.15) is 5.75 Å². The van der Waals surface area contributed by atoms with E-state index in [1.165, 1.54) is 6.21 Å². The second-order valence-corrected chi connectivity index (χ2v) is 8.83. The molecule has 3 aromatic rings. The largest absolute Gasteiger partial charge is 0.497 e. The molecule has 7 nitrogen and oxygen atoms in total. The Bertz CT molecular complexity index is 1180. The van der Waals surface area contributed by atoms with Crippen LogP contribution < -0.4 is 9.57 Å². The number of aromatic amines is 1. The fourth-order valence-corrected chi connectivity index (χ4v) is 4.86. The van der Waals surface area contributed by atoms with E-state index < -0.39 is 10.0 Å². The molecule has 0 aliphatic heterocycles. The molecule has 0 aliphatic rings. The van der Waals surface area contributed by atoms with Crippen LogP contribution in [0, 0.1) is 34.6 Å². The SMILES string of the molecule is COc1ccc(-c2[nH]ncc2/C=N/NS(=O)(=O)c2c(C)c(C)c(C)c(C)c2C)cc1. The number of methoxy groups -OCH3 is 1. The van der Waals surface area contributed by atoms with E-state index in [2.05, 4.69) is 20.1 Å². The first kappa shape index (κ1) is 21.6. The molecule has 0 saturated carbocycles. The minimum atomic E-state index is -3.82. The third-order valence-corrected chi connectivity index (χ3v) is 7.12. The summed E-state index contributed by atoms with van der Waals surface area (Å²) in [7, 11) is -2.21. The van der Waals surface area contributed by atoms with Gasteiger partial charge in [-0.2, -0.15) is 18.6 Å². The molecule has 0 fully saturated rings. The van der Waals surface area contributed by atoms with Crippen molar-refractivity contribution in [2.24, 2.45) is 5.10 Å². The molecule has 1 heterocycles. The fraction of sp³-hybridized carbons (Fsp3) is 0.273. The molecule has 8 heteroatoms. The van der Waals surface area contributed by atoms with Crippen LogP contribution in [0.15, 0.2) is 40.5 Å². The molecule has 0 radical (unpaired) electrons.